The number of pyridine rings is 1. The zero-order valence-corrected chi connectivity index (χ0v) is 22.8. The number of hydrogen-bond acceptors (Lipinski definition) is 6. The van der Waals surface area contributed by atoms with Crippen molar-refractivity contribution in [1.29, 1.82) is 0 Å². The highest BCUT2D eigenvalue weighted by Gasteiger charge is 2.21. The lowest BCUT2D eigenvalue weighted by Crippen LogP contribution is -2.35. The molecule has 4 aromatic rings. The minimum Gasteiger partial charge on any atom is -0.465 e. The minimum absolute atomic E-state index is 0.229. The number of anilines is 2. The monoisotopic (exact) mass is 557 g/mol. The average molecular weight is 558 g/mol. The molecule has 2 aromatic heterocycles. The number of urea groups is 1. The van der Waals surface area contributed by atoms with Gasteiger partial charge in [0, 0.05) is 29.9 Å². The predicted molar refractivity (Wildman–Crippen MR) is 154 cm³/mol. The molecule has 5 N–H and O–H groups in total. The summed E-state index contributed by atoms with van der Waals surface area (Å²) in [7, 11) is 0. The fraction of sp³-hybridized carbons (Fsp3) is 0.207. The maximum Gasteiger partial charge on any atom is 0.405 e. The van der Waals surface area contributed by atoms with Gasteiger partial charge in [-0.1, -0.05) is 32.9 Å². The first kappa shape index (κ1) is 28.6. The third-order valence-corrected chi connectivity index (χ3v) is 5.77. The van der Waals surface area contributed by atoms with Crippen molar-refractivity contribution in [1.82, 2.24) is 25.4 Å². The highest BCUT2D eigenvalue weighted by atomic mass is 16.5. The number of rotatable bonds is 9. The van der Waals surface area contributed by atoms with Crippen molar-refractivity contribution in [3.63, 3.8) is 0 Å². The summed E-state index contributed by atoms with van der Waals surface area (Å²) in [5, 5.41) is 23.7. The van der Waals surface area contributed by atoms with Crippen molar-refractivity contribution in [3.8, 4) is 17.2 Å². The molecule has 12 nitrogen and oxygen atoms in total. The number of carboxylic acid groups (broad SMARTS) is 1. The molecule has 12 heteroatoms. The summed E-state index contributed by atoms with van der Waals surface area (Å²) in [6, 6.07) is 19.2. The molecule has 0 aliphatic carbocycles. The van der Waals surface area contributed by atoms with E-state index in [1.54, 1.807) is 53.5 Å². The maximum absolute atomic E-state index is 12.9. The van der Waals surface area contributed by atoms with Gasteiger partial charge in [0.15, 0.2) is 0 Å². The van der Waals surface area contributed by atoms with Gasteiger partial charge in [-0.3, -0.25) is 15.1 Å². The lowest BCUT2D eigenvalue weighted by Gasteiger charge is -2.14. The Morgan fingerprint density at radius 1 is 0.927 bits per heavy atom. The summed E-state index contributed by atoms with van der Waals surface area (Å²) in [6.07, 6.45) is 2.02. The molecule has 0 unspecified atom stereocenters. The maximum atomic E-state index is 12.9. The van der Waals surface area contributed by atoms with E-state index in [2.05, 4.69) is 20.9 Å². The molecule has 0 bridgehead atoms. The van der Waals surface area contributed by atoms with Crippen LogP contribution in [0.4, 0.5) is 21.1 Å². The third kappa shape index (κ3) is 8.30. The Hall–Kier alpha value is -5.39. The zero-order chi connectivity index (χ0) is 29.4. The summed E-state index contributed by atoms with van der Waals surface area (Å²) >= 11 is 0. The number of carbonyl (C=O) groups is 3. The van der Waals surface area contributed by atoms with Crippen LogP contribution in [0.2, 0.25) is 0 Å². The molecule has 0 radical (unpaired) electrons. The molecular formula is C29H31N7O5. The molecule has 0 atom stereocenters. The molecule has 0 saturated carbocycles. The quantitative estimate of drug-likeness (QED) is 0.196. The van der Waals surface area contributed by atoms with Gasteiger partial charge >= 0.3 is 12.1 Å². The number of nitrogens with one attached hydrogen (secondary N) is 4. The largest absolute Gasteiger partial charge is 0.465 e. The number of ether oxygens (including phenoxy) is 1. The standard InChI is InChI=1S/C29H31N7O5/c1-29(2,3)24-15-25(34-27(38)33-20-8-12-22(13-9-20)41-23-5-4-14-30-17-23)36(35-24)21-10-6-19(7-11-21)16-31-26(37)18-32-28(39)40/h4-15,17,32H,16,18H2,1-3H3,(H,31,37)(H,39,40)(H2,33,34,38). The number of nitrogens with zero attached hydrogens (tertiary/aromatic N) is 3. The van der Waals surface area contributed by atoms with Gasteiger partial charge in [0.2, 0.25) is 5.91 Å². The van der Waals surface area contributed by atoms with Gasteiger partial charge in [-0.2, -0.15) is 5.10 Å². The third-order valence-electron chi connectivity index (χ3n) is 5.77. The molecule has 41 heavy (non-hydrogen) atoms. The van der Waals surface area contributed by atoms with E-state index in [4.69, 9.17) is 14.9 Å². The van der Waals surface area contributed by atoms with E-state index < -0.39 is 18.0 Å². The predicted octanol–water partition coefficient (Wildman–Crippen LogP) is 4.88. The van der Waals surface area contributed by atoms with Gasteiger partial charge < -0.3 is 25.8 Å². The van der Waals surface area contributed by atoms with Gasteiger partial charge in [0.1, 0.15) is 17.3 Å². The van der Waals surface area contributed by atoms with E-state index >= 15 is 0 Å². The first-order chi connectivity index (χ1) is 19.6. The van der Waals surface area contributed by atoms with Crippen LogP contribution in [0.1, 0.15) is 32.0 Å². The first-order valence-electron chi connectivity index (χ1n) is 12.8. The van der Waals surface area contributed by atoms with Crippen LogP contribution in [0, 0.1) is 0 Å². The Morgan fingerprint density at radius 3 is 2.29 bits per heavy atom. The Bertz CT molecular complexity index is 1500. The van der Waals surface area contributed by atoms with E-state index in [9.17, 15) is 14.4 Å². The normalized spacial score (nSPS) is 10.9. The molecule has 0 spiro atoms. The lowest BCUT2D eigenvalue weighted by atomic mass is 9.92. The first-order valence-corrected chi connectivity index (χ1v) is 12.8. The number of aromatic nitrogens is 3. The Morgan fingerprint density at radius 2 is 1.66 bits per heavy atom. The van der Waals surface area contributed by atoms with Crippen LogP contribution in [-0.4, -0.2) is 44.4 Å². The van der Waals surface area contributed by atoms with Crippen LogP contribution in [0.15, 0.2) is 79.1 Å². The van der Waals surface area contributed by atoms with Gasteiger partial charge in [-0.05, 0) is 54.1 Å². The molecule has 4 rings (SSSR count). The second-order valence-electron chi connectivity index (χ2n) is 10.1. The van der Waals surface area contributed by atoms with Crippen LogP contribution >= 0.6 is 0 Å². The number of amides is 4. The second kappa shape index (κ2) is 12.6. The van der Waals surface area contributed by atoms with Gasteiger partial charge in [-0.25, -0.2) is 14.3 Å². The fourth-order valence-corrected chi connectivity index (χ4v) is 3.64. The van der Waals surface area contributed by atoms with Crippen LogP contribution in [0.25, 0.3) is 5.69 Å². The van der Waals surface area contributed by atoms with Crippen molar-refractivity contribution in [2.45, 2.75) is 32.7 Å². The molecule has 0 aliphatic heterocycles. The Labute approximate surface area is 236 Å². The van der Waals surface area contributed by atoms with Crippen molar-refractivity contribution < 1.29 is 24.2 Å². The Balaban J connectivity index is 1.43. The lowest BCUT2D eigenvalue weighted by molar-refractivity contribution is -0.120. The molecule has 0 fully saturated rings. The van der Waals surface area contributed by atoms with Crippen LogP contribution in [0.5, 0.6) is 11.5 Å². The summed E-state index contributed by atoms with van der Waals surface area (Å²) in [5.41, 5.74) is 2.61. The highest BCUT2D eigenvalue weighted by Crippen LogP contribution is 2.27. The minimum atomic E-state index is -1.26. The SMILES string of the molecule is CC(C)(C)c1cc(NC(=O)Nc2ccc(Oc3cccnc3)cc2)n(-c2ccc(CNC(=O)CNC(=O)O)cc2)n1. The average Bonchev–Trinajstić information content (AvgIpc) is 3.37. The summed E-state index contributed by atoms with van der Waals surface area (Å²) in [5.74, 6) is 1.26. The summed E-state index contributed by atoms with van der Waals surface area (Å²) in [4.78, 5) is 39.2. The van der Waals surface area contributed by atoms with Crippen molar-refractivity contribution in [2.24, 2.45) is 0 Å². The van der Waals surface area contributed by atoms with Crippen LogP contribution < -0.4 is 26.0 Å². The van der Waals surface area contributed by atoms with Crippen molar-refractivity contribution in [2.75, 3.05) is 17.2 Å². The molecule has 0 aliphatic rings. The van der Waals surface area contributed by atoms with E-state index in [1.807, 2.05) is 56.4 Å². The van der Waals surface area contributed by atoms with E-state index in [-0.39, 0.29) is 18.5 Å². The second-order valence-corrected chi connectivity index (χ2v) is 10.1. The van der Waals surface area contributed by atoms with Crippen molar-refractivity contribution >= 4 is 29.5 Å². The van der Waals surface area contributed by atoms with Crippen molar-refractivity contribution in [3.05, 3.63) is 90.4 Å². The fourth-order valence-electron chi connectivity index (χ4n) is 3.64. The molecule has 2 aromatic carbocycles. The highest BCUT2D eigenvalue weighted by molar-refractivity contribution is 5.99. The summed E-state index contributed by atoms with van der Waals surface area (Å²) in [6.45, 7) is 6.00. The van der Waals surface area contributed by atoms with E-state index in [0.717, 1.165) is 11.3 Å². The molecule has 212 valence electrons. The van der Waals surface area contributed by atoms with Gasteiger partial charge in [0.25, 0.3) is 0 Å². The van der Waals surface area contributed by atoms with Crippen LogP contribution in [0.3, 0.4) is 0 Å². The zero-order valence-electron chi connectivity index (χ0n) is 22.8. The molecule has 4 amide bonds. The van der Waals surface area contributed by atoms with E-state index in [1.165, 1.54) is 0 Å². The summed E-state index contributed by atoms with van der Waals surface area (Å²) < 4.78 is 7.38. The molecule has 2 heterocycles. The molecular weight excluding hydrogens is 526 g/mol. The van der Waals surface area contributed by atoms with Gasteiger partial charge in [0.05, 0.1) is 24.1 Å². The van der Waals surface area contributed by atoms with E-state index in [0.29, 0.717) is 28.7 Å². The number of carbonyl (C=O) groups excluding carboxylic acids is 2. The van der Waals surface area contributed by atoms with Crippen LogP contribution in [-0.2, 0) is 16.8 Å². The number of hydrogen-bond donors (Lipinski definition) is 5. The topological polar surface area (TPSA) is 160 Å². The molecule has 0 saturated heterocycles. The smallest absolute Gasteiger partial charge is 0.405 e. The number of benzene rings is 2. The van der Waals surface area contributed by atoms with Gasteiger partial charge in [-0.15, -0.1) is 0 Å². The Kier molecular flexibility index (Phi) is 8.82.